The molecule has 0 aromatic carbocycles. The van der Waals surface area contributed by atoms with Gasteiger partial charge in [-0.05, 0) is 33.7 Å². The molecule has 0 aliphatic rings. The van der Waals surface area contributed by atoms with E-state index in [1.54, 1.807) is 0 Å². The van der Waals surface area contributed by atoms with E-state index in [-0.39, 0.29) is 5.54 Å². The Morgan fingerprint density at radius 3 is 2.23 bits per heavy atom. The van der Waals surface area contributed by atoms with Crippen molar-refractivity contribution in [2.75, 3.05) is 13.6 Å². The summed E-state index contributed by atoms with van der Waals surface area (Å²) < 4.78 is 0. The second kappa shape index (κ2) is 5.61. The van der Waals surface area contributed by atoms with Crippen LogP contribution in [0.4, 0.5) is 0 Å². The predicted octanol–water partition coefficient (Wildman–Crippen LogP) is 2.23. The maximum atomic E-state index is 5.99. The molecule has 0 radical (unpaired) electrons. The normalized spacial score (nSPS) is 15.0. The molecule has 1 unspecified atom stereocenters. The topological polar surface area (TPSA) is 29.3 Å². The molecule has 2 heteroatoms. The Kier molecular flexibility index (Phi) is 5.57. The number of hydrogen-bond donors (Lipinski definition) is 1. The Morgan fingerprint density at radius 2 is 1.85 bits per heavy atom. The third kappa shape index (κ3) is 4.63. The molecule has 2 nitrogen and oxygen atoms in total. The summed E-state index contributed by atoms with van der Waals surface area (Å²) in [6, 6.07) is 0.334. The summed E-state index contributed by atoms with van der Waals surface area (Å²) in [5.41, 5.74) is 6.28. The van der Waals surface area contributed by atoms with Crippen LogP contribution in [0, 0.1) is 0 Å². The van der Waals surface area contributed by atoms with E-state index >= 15 is 0 Å². The molecule has 0 aromatic rings. The smallest absolute Gasteiger partial charge is 0.0167 e. The van der Waals surface area contributed by atoms with Crippen molar-refractivity contribution in [3.63, 3.8) is 0 Å². The molecule has 0 fully saturated rings. The van der Waals surface area contributed by atoms with Crippen molar-refractivity contribution in [2.24, 2.45) is 5.73 Å². The number of hydrogen-bond acceptors (Lipinski definition) is 2. The maximum absolute atomic E-state index is 5.99. The lowest BCUT2D eigenvalue weighted by atomic mass is 9.99. The van der Waals surface area contributed by atoms with Gasteiger partial charge in [-0.2, -0.15) is 0 Å². The average molecular weight is 186 g/mol. The van der Waals surface area contributed by atoms with Crippen molar-refractivity contribution in [2.45, 2.75) is 58.5 Å². The van der Waals surface area contributed by atoms with E-state index in [1.807, 2.05) is 0 Å². The monoisotopic (exact) mass is 186 g/mol. The van der Waals surface area contributed by atoms with Crippen molar-refractivity contribution < 1.29 is 0 Å². The molecule has 2 N–H and O–H groups in total. The fourth-order valence-electron chi connectivity index (χ4n) is 1.33. The number of nitrogens with two attached hydrogens (primary N) is 1. The third-order valence-corrected chi connectivity index (χ3v) is 3.07. The summed E-state index contributed by atoms with van der Waals surface area (Å²) in [5, 5.41) is 0. The van der Waals surface area contributed by atoms with Gasteiger partial charge in [0, 0.05) is 18.1 Å². The highest BCUT2D eigenvalue weighted by molar-refractivity contribution is 4.79. The van der Waals surface area contributed by atoms with Crippen LogP contribution in [0.1, 0.15) is 47.0 Å². The van der Waals surface area contributed by atoms with E-state index in [0.29, 0.717) is 6.04 Å². The molecule has 0 rings (SSSR count). The molecule has 0 heterocycles. The zero-order chi connectivity index (χ0) is 10.5. The highest BCUT2D eigenvalue weighted by Crippen LogP contribution is 2.16. The van der Waals surface area contributed by atoms with Gasteiger partial charge in [-0.25, -0.2) is 0 Å². The highest BCUT2D eigenvalue weighted by atomic mass is 15.2. The molecule has 0 saturated heterocycles. The number of rotatable bonds is 6. The molecule has 0 saturated carbocycles. The fourth-order valence-corrected chi connectivity index (χ4v) is 1.33. The van der Waals surface area contributed by atoms with Gasteiger partial charge in [0.25, 0.3) is 0 Å². The van der Waals surface area contributed by atoms with E-state index in [0.717, 1.165) is 13.0 Å². The Morgan fingerprint density at radius 1 is 1.31 bits per heavy atom. The summed E-state index contributed by atoms with van der Waals surface area (Å²) in [6.07, 6.45) is 3.48. The van der Waals surface area contributed by atoms with E-state index in [1.165, 1.54) is 12.8 Å². The summed E-state index contributed by atoms with van der Waals surface area (Å²) in [7, 11) is 2.17. The Balaban J connectivity index is 3.91. The first kappa shape index (κ1) is 12.9. The van der Waals surface area contributed by atoms with Gasteiger partial charge in [-0.3, -0.25) is 4.90 Å². The minimum atomic E-state index is 0.283. The summed E-state index contributed by atoms with van der Waals surface area (Å²) in [6.45, 7) is 9.96. The first-order valence-electron chi connectivity index (χ1n) is 5.40. The molecule has 0 bridgehead atoms. The van der Waals surface area contributed by atoms with Crippen LogP contribution >= 0.6 is 0 Å². The number of nitrogens with zero attached hydrogens (tertiary/aromatic N) is 1. The Bertz CT molecular complexity index is 132. The van der Waals surface area contributed by atoms with Gasteiger partial charge in [0.1, 0.15) is 0 Å². The van der Waals surface area contributed by atoms with Crippen LogP contribution in [-0.2, 0) is 0 Å². The second-order valence-electron chi connectivity index (χ2n) is 4.60. The first-order valence-corrected chi connectivity index (χ1v) is 5.40. The van der Waals surface area contributed by atoms with E-state index in [9.17, 15) is 0 Å². The average Bonchev–Trinajstić information content (AvgIpc) is 2.04. The Labute approximate surface area is 83.5 Å². The van der Waals surface area contributed by atoms with Crippen molar-refractivity contribution in [1.29, 1.82) is 0 Å². The van der Waals surface area contributed by atoms with Gasteiger partial charge in [-0.1, -0.05) is 20.3 Å². The molecule has 0 aromatic heterocycles. The zero-order valence-corrected chi connectivity index (χ0v) is 9.93. The van der Waals surface area contributed by atoms with Crippen LogP contribution in [-0.4, -0.2) is 30.1 Å². The molecule has 0 aliphatic heterocycles. The Hall–Kier alpha value is -0.0800. The SMILES string of the molecule is CCCC(N)CN(C)C(C)(C)CC. The molecule has 0 amide bonds. The molecule has 0 aliphatic carbocycles. The first-order chi connectivity index (χ1) is 5.94. The van der Waals surface area contributed by atoms with Gasteiger partial charge in [0.05, 0.1) is 0 Å². The molecular formula is C11H26N2. The van der Waals surface area contributed by atoms with Crippen LogP contribution in [0.15, 0.2) is 0 Å². The van der Waals surface area contributed by atoms with Gasteiger partial charge < -0.3 is 5.73 Å². The quantitative estimate of drug-likeness (QED) is 0.689. The predicted molar refractivity (Wildman–Crippen MR) is 59.9 cm³/mol. The van der Waals surface area contributed by atoms with Crippen LogP contribution in [0.3, 0.4) is 0 Å². The van der Waals surface area contributed by atoms with Gasteiger partial charge in [-0.15, -0.1) is 0 Å². The molecule has 80 valence electrons. The van der Waals surface area contributed by atoms with Gasteiger partial charge in [0.15, 0.2) is 0 Å². The number of likely N-dealkylation sites (N-methyl/N-ethyl adjacent to an activating group) is 1. The van der Waals surface area contributed by atoms with E-state index in [4.69, 9.17) is 5.73 Å². The van der Waals surface area contributed by atoms with Gasteiger partial charge in [0.2, 0.25) is 0 Å². The zero-order valence-electron chi connectivity index (χ0n) is 9.93. The van der Waals surface area contributed by atoms with Crippen molar-refractivity contribution >= 4 is 0 Å². The third-order valence-electron chi connectivity index (χ3n) is 3.07. The van der Waals surface area contributed by atoms with Crippen LogP contribution in [0.5, 0.6) is 0 Å². The summed E-state index contributed by atoms with van der Waals surface area (Å²) >= 11 is 0. The van der Waals surface area contributed by atoms with Crippen LogP contribution in [0.2, 0.25) is 0 Å². The fraction of sp³-hybridized carbons (Fsp3) is 1.00. The lowest BCUT2D eigenvalue weighted by Gasteiger charge is -2.36. The van der Waals surface area contributed by atoms with Crippen molar-refractivity contribution in [1.82, 2.24) is 4.90 Å². The van der Waals surface area contributed by atoms with Crippen LogP contribution in [0.25, 0.3) is 0 Å². The van der Waals surface area contributed by atoms with Gasteiger partial charge >= 0.3 is 0 Å². The molecule has 13 heavy (non-hydrogen) atoms. The van der Waals surface area contributed by atoms with Crippen LogP contribution < -0.4 is 5.73 Å². The summed E-state index contributed by atoms with van der Waals surface area (Å²) in [4.78, 5) is 2.37. The summed E-state index contributed by atoms with van der Waals surface area (Å²) in [5.74, 6) is 0. The van der Waals surface area contributed by atoms with Crippen molar-refractivity contribution in [3.8, 4) is 0 Å². The molecular weight excluding hydrogens is 160 g/mol. The lowest BCUT2D eigenvalue weighted by molar-refractivity contribution is 0.140. The lowest BCUT2D eigenvalue weighted by Crippen LogP contribution is -2.46. The van der Waals surface area contributed by atoms with Crippen molar-refractivity contribution in [3.05, 3.63) is 0 Å². The molecule has 1 atom stereocenters. The maximum Gasteiger partial charge on any atom is 0.0167 e. The minimum Gasteiger partial charge on any atom is -0.327 e. The standard InChI is InChI=1S/C11H26N2/c1-6-8-10(12)9-13(5)11(3,4)7-2/h10H,6-9,12H2,1-5H3. The van der Waals surface area contributed by atoms with E-state index < -0.39 is 0 Å². The minimum absolute atomic E-state index is 0.283. The molecule has 0 spiro atoms. The highest BCUT2D eigenvalue weighted by Gasteiger charge is 2.22. The largest absolute Gasteiger partial charge is 0.327 e. The van der Waals surface area contributed by atoms with E-state index in [2.05, 4.69) is 39.6 Å². The second-order valence-corrected chi connectivity index (χ2v) is 4.60.